The van der Waals surface area contributed by atoms with E-state index < -0.39 is 0 Å². The molecule has 7 heteroatoms. The van der Waals surface area contributed by atoms with Crippen molar-refractivity contribution in [3.63, 3.8) is 0 Å². The van der Waals surface area contributed by atoms with Crippen molar-refractivity contribution in [2.24, 2.45) is 4.99 Å². The fraction of sp³-hybridized carbons (Fsp3) is 0.600. The van der Waals surface area contributed by atoms with Crippen molar-refractivity contribution in [1.29, 1.82) is 0 Å². The number of guanidine groups is 1. The molecule has 1 amide bonds. The van der Waals surface area contributed by atoms with Crippen LogP contribution in [0.15, 0.2) is 29.3 Å². The van der Waals surface area contributed by atoms with Crippen molar-refractivity contribution in [2.75, 3.05) is 26.7 Å². The van der Waals surface area contributed by atoms with Gasteiger partial charge in [-0.1, -0.05) is 12.1 Å². The second-order valence-corrected chi connectivity index (χ2v) is 7.02. The molecule has 1 saturated heterocycles. The van der Waals surface area contributed by atoms with Crippen LogP contribution in [0.4, 0.5) is 0 Å². The van der Waals surface area contributed by atoms with Gasteiger partial charge in [-0.15, -0.1) is 24.0 Å². The van der Waals surface area contributed by atoms with Crippen molar-refractivity contribution in [2.45, 2.75) is 52.2 Å². The third kappa shape index (κ3) is 7.65. The Hall–Kier alpha value is -1.35. The number of hydrogen-bond donors (Lipinski definition) is 3. The zero-order chi connectivity index (χ0) is 18.9. The van der Waals surface area contributed by atoms with Crippen LogP contribution in [-0.2, 0) is 6.54 Å². The summed E-state index contributed by atoms with van der Waals surface area (Å²) in [5.74, 6) is 0.800. The Morgan fingerprint density at radius 3 is 2.37 bits per heavy atom. The van der Waals surface area contributed by atoms with Gasteiger partial charge in [0.25, 0.3) is 5.91 Å². The lowest BCUT2D eigenvalue weighted by molar-refractivity contribution is 0.0963. The van der Waals surface area contributed by atoms with Gasteiger partial charge >= 0.3 is 0 Å². The van der Waals surface area contributed by atoms with Gasteiger partial charge in [-0.3, -0.25) is 4.79 Å². The number of hydrogen-bond acceptors (Lipinski definition) is 3. The first-order valence-electron chi connectivity index (χ1n) is 9.63. The molecule has 1 aliphatic heterocycles. The number of benzene rings is 1. The molecule has 2 rings (SSSR count). The summed E-state index contributed by atoms with van der Waals surface area (Å²) in [5.41, 5.74) is 1.76. The summed E-state index contributed by atoms with van der Waals surface area (Å²) in [5, 5.41) is 9.54. The highest BCUT2D eigenvalue weighted by molar-refractivity contribution is 14.0. The fourth-order valence-corrected chi connectivity index (χ4v) is 3.15. The van der Waals surface area contributed by atoms with Crippen LogP contribution in [0.5, 0.6) is 0 Å². The molecule has 1 aromatic carbocycles. The SMILES string of the molecule is CCNC(=NCc1ccc(C(=O)NC)cc1)NC1CCN(C(C)C)CC1.I. The molecule has 1 aliphatic rings. The molecule has 6 nitrogen and oxygen atoms in total. The standard InChI is InChI=1S/C20H33N5O.HI/c1-5-22-20(24-18-10-12-25(13-11-18)15(2)3)23-14-16-6-8-17(9-7-16)19(26)21-4;/h6-9,15,18H,5,10-14H2,1-4H3,(H,21,26)(H2,22,23,24);1H. The van der Waals surface area contributed by atoms with Crippen molar-refractivity contribution in [3.05, 3.63) is 35.4 Å². The lowest BCUT2D eigenvalue weighted by atomic mass is 10.0. The number of nitrogens with zero attached hydrogens (tertiary/aromatic N) is 2. The maximum absolute atomic E-state index is 11.6. The Morgan fingerprint density at radius 2 is 1.85 bits per heavy atom. The highest BCUT2D eigenvalue weighted by Crippen LogP contribution is 2.13. The van der Waals surface area contributed by atoms with E-state index in [0.29, 0.717) is 24.2 Å². The third-order valence-corrected chi connectivity index (χ3v) is 4.81. The zero-order valence-electron chi connectivity index (χ0n) is 16.9. The van der Waals surface area contributed by atoms with Crippen LogP contribution in [0.3, 0.4) is 0 Å². The molecular formula is C20H34IN5O. The van der Waals surface area contributed by atoms with E-state index in [-0.39, 0.29) is 29.9 Å². The van der Waals surface area contributed by atoms with Crippen molar-refractivity contribution >= 4 is 35.8 Å². The van der Waals surface area contributed by atoms with Crippen LogP contribution >= 0.6 is 24.0 Å². The number of carbonyl (C=O) groups excluding carboxylic acids is 1. The lowest BCUT2D eigenvalue weighted by Crippen LogP contribution is -2.49. The highest BCUT2D eigenvalue weighted by Gasteiger charge is 2.21. The molecule has 27 heavy (non-hydrogen) atoms. The first-order valence-corrected chi connectivity index (χ1v) is 9.63. The molecular weight excluding hydrogens is 453 g/mol. The van der Waals surface area contributed by atoms with Gasteiger partial charge in [-0.2, -0.15) is 0 Å². The molecule has 0 atom stereocenters. The summed E-state index contributed by atoms with van der Waals surface area (Å²) in [4.78, 5) is 18.8. The molecule has 0 saturated carbocycles. The number of halogens is 1. The van der Waals surface area contributed by atoms with Crippen LogP contribution in [0.1, 0.15) is 49.5 Å². The summed E-state index contributed by atoms with van der Waals surface area (Å²) < 4.78 is 0. The maximum Gasteiger partial charge on any atom is 0.251 e. The van der Waals surface area contributed by atoms with Crippen LogP contribution in [0, 0.1) is 0 Å². The molecule has 1 heterocycles. The van der Waals surface area contributed by atoms with Gasteiger partial charge in [0.05, 0.1) is 6.54 Å². The van der Waals surface area contributed by atoms with Gasteiger partial charge in [-0.05, 0) is 51.3 Å². The molecule has 0 unspecified atom stereocenters. The number of nitrogens with one attached hydrogen (secondary N) is 3. The average molecular weight is 487 g/mol. The first-order chi connectivity index (χ1) is 12.5. The van der Waals surface area contributed by atoms with Crippen molar-refractivity contribution < 1.29 is 4.79 Å². The van der Waals surface area contributed by atoms with E-state index in [1.165, 1.54) is 0 Å². The highest BCUT2D eigenvalue weighted by atomic mass is 127. The van der Waals surface area contributed by atoms with E-state index >= 15 is 0 Å². The minimum atomic E-state index is -0.0669. The fourth-order valence-electron chi connectivity index (χ4n) is 3.15. The van der Waals surface area contributed by atoms with E-state index in [9.17, 15) is 4.79 Å². The number of aliphatic imine (C=N–C) groups is 1. The molecule has 0 radical (unpaired) electrons. The Labute approximate surface area is 180 Å². The Kier molecular flexibility index (Phi) is 10.7. The summed E-state index contributed by atoms with van der Waals surface area (Å²) in [6.07, 6.45) is 2.28. The molecule has 1 aromatic rings. The average Bonchev–Trinajstić information content (AvgIpc) is 2.66. The zero-order valence-corrected chi connectivity index (χ0v) is 19.2. The van der Waals surface area contributed by atoms with Gasteiger partial charge in [0.2, 0.25) is 0 Å². The maximum atomic E-state index is 11.6. The number of amides is 1. The summed E-state index contributed by atoms with van der Waals surface area (Å²) in [6, 6.07) is 8.68. The lowest BCUT2D eigenvalue weighted by Gasteiger charge is -2.35. The molecule has 0 bridgehead atoms. The Morgan fingerprint density at radius 1 is 1.22 bits per heavy atom. The minimum Gasteiger partial charge on any atom is -0.357 e. The molecule has 3 N–H and O–H groups in total. The van der Waals surface area contributed by atoms with Crippen molar-refractivity contribution in [1.82, 2.24) is 20.9 Å². The van der Waals surface area contributed by atoms with Crippen LogP contribution in [0.25, 0.3) is 0 Å². The van der Waals surface area contributed by atoms with Gasteiger partial charge in [0, 0.05) is 44.3 Å². The number of piperidine rings is 1. The van der Waals surface area contributed by atoms with E-state index in [1.807, 2.05) is 24.3 Å². The Balaban J connectivity index is 0.00000364. The molecule has 152 valence electrons. The second kappa shape index (κ2) is 12.2. The molecule has 0 aromatic heterocycles. The number of carbonyl (C=O) groups is 1. The van der Waals surface area contributed by atoms with Gasteiger partial charge in [0.1, 0.15) is 0 Å². The summed E-state index contributed by atoms with van der Waals surface area (Å²) in [6.45, 7) is 10.3. The topological polar surface area (TPSA) is 68.8 Å². The predicted molar refractivity (Wildman–Crippen MR) is 123 cm³/mol. The van der Waals surface area contributed by atoms with Gasteiger partial charge in [0.15, 0.2) is 5.96 Å². The summed E-state index contributed by atoms with van der Waals surface area (Å²) >= 11 is 0. The van der Waals surface area contributed by atoms with Crippen LogP contribution in [-0.4, -0.2) is 55.5 Å². The number of likely N-dealkylation sites (tertiary alicyclic amines) is 1. The van der Waals surface area contributed by atoms with Gasteiger partial charge in [-0.25, -0.2) is 4.99 Å². The normalized spacial score (nSPS) is 16.0. The van der Waals surface area contributed by atoms with E-state index in [1.54, 1.807) is 7.05 Å². The predicted octanol–water partition coefficient (Wildman–Crippen LogP) is 2.59. The quantitative estimate of drug-likeness (QED) is 0.328. The molecule has 1 fully saturated rings. The molecule has 0 aliphatic carbocycles. The molecule has 0 spiro atoms. The second-order valence-electron chi connectivity index (χ2n) is 7.02. The van der Waals surface area contributed by atoms with E-state index in [0.717, 1.165) is 44.0 Å². The largest absolute Gasteiger partial charge is 0.357 e. The van der Waals surface area contributed by atoms with E-state index in [2.05, 4.69) is 41.6 Å². The monoisotopic (exact) mass is 487 g/mol. The third-order valence-electron chi connectivity index (χ3n) is 4.81. The smallest absolute Gasteiger partial charge is 0.251 e. The van der Waals surface area contributed by atoms with Crippen LogP contribution in [0.2, 0.25) is 0 Å². The van der Waals surface area contributed by atoms with Gasteiger partial charge < -0.3 is 20.9 Å². The number of rotatable bonds is 6. The Bertz CT molecular complexity index is 595. The van der Waals surface area contributed by atoms with E-state index in [4.69, 9.17) is 4.99 Å². The minimum absolute atomic E-state index is 0. The van der Waals surface area contributed by atoms with Crippen molar-refractivity contribution in [3.8, 4) is 0 Å². The summed E-state index contributed by atoms with van der Waals surface area (Å²) in [7, 11) is 1.64. The first kappa shape index (κ1) is 23.7. The van der Waals surface area contributed by atoms with Crippen LogP contribution < -0.4 is 16.0 Å².